The molecule has 4 heteroatoms. The molecule has 19 heavy (non-hydrogen) atoms. The summed E-state index contributed by atoms with van der Waals surface area (Å²) in [5.41, 5.74) is 2.53. The van der Waals surface area contributed by atoms with Gasteiger partial charge in [-0.1, -0.05) is 12.1 Å². The van der Waals surface area contributed by atoms with Gasteiger partial charge in [0.05, 0.1) is 0 Å². The zero-order valence-corrected chi connectivity index (χ0v) is 12.2. The van der Waals surface area contributed by atoms with Gasteiger partial charge in [-0.3, -0.25) is 0 Å². The molecule has 1 aliphatic rings. The minimum atomic E-state index is 0.154. The lowest BCUT2D eigenvalue weighted by molar-refractivity contribution is -0.00461. The van der Waals surface area contributed by atoms with Crippen LogP contribution < -0.4 is 10.2 Å². The van der Waals surface area contributed by atoms with Gasteiger partial charge in [0.1, 0.15) is 12.2 Å². The SMILES string of the molecule is CNC(C)c1ccc(N2CC(OC)C(OC)C2)cc1. The maximum atomic E-state index is 5.47. The van der Waals surface area contributed by atoms with E-state index < -0.39 is 0 Å². The molecule has 0 bridgehead atoms. The van der Waals surface area contributed by atoms with Gasteiger partial charge < -0.3 is 19.7 Å². The summed E-state index contributed by atoms with van der Waals surface area (Å²) in [7, 11) is 5.47. The van der Waals surface area contributed by atoms with Crippen molar-refractivity contribution in [1.29, 1.82) is 0 Å². The summed E-state index contributed by atoms with van der Waals surface area (Å²) in [5.74, 6) is 0. The molecular weight excluding hydrogens is 240 g/mol. The van der Waals surface area contributed by atoms with Gasteiger partial charge in [-0.25, -0.2) is 0 Å². The molecule has 0 spiro atoms. The summed E-state index contributed by atoms with van der Waals surface area (Å²) in [6, 6.07) is 9.09. The van der Waals surface area contributed by atoms with Crippen LogP contribution in [0.2, 0.25) is 0 Å². The van der Waals surface area contributed by atoms with Crippen molar-refractivity contribution in [3.63, 3.8) is 0 Å². The van der Waals surface area contributed by atoms with Crippen molar-refractivity contribution >= 4 is 5.69 Å². The molecule has 1 aromatic rings. The third-order valence-electron chi connectivity index (χ3n) is 4.01. The topological polar surface area (TPSA) is 33.7 Å². The van der Waals surface area contributed by atoms with Crippen LogP contribution in [0.15, 0.2) is 24.3 Å². The molecule has 0 radical (unpaired) electrons. The highest BCUT2D eigenvalue weighted by atomic mass is 16.5. The van der Waals surface area contributed by atoms with Crippen LogP contribution in [-0.2, 0) is 9.47 Å². The van der Waals surface area contributed by atoms with Crippen LogP contribution in [0.25, 0.3) is 0 Å². The van der Waals surface area contributed by atoms with E-state index in [1.165, 1.54) is 11.3 Å². The monoisotopic (exact) mass is 264 g/mol. The van der Waals surface area contributed by atoms with Gasteiger partial charge in [0, 0.05) is 39.0 Å². The Hall–Kier alpha value is -1.10. The van der Waals surface area contributed by atoms with Crippen LogP contribution in [0, 0.1) is 0 Å². The largest absolute Gasteiger partial charge is 0.377 e. The van der Waals surface area contributed by atoms with Crippen LogP contribution in [0.1, 0.15) is 18.5 Å². The first-order chi connectivity index (χ1) is 9.19. The first-order valence-corrected chi connectivity index (χ1v) is 6.77. The van der Waals surface area contributed by atoms with E-state index >= 15 is 0 Å². The van der Waals surface area contributed by atoms with Gasteiger partial charge in [-0.2, -0.15) is 0 Å². The number of rotatable bonds is 5. The molecule has 1 fully saturated rings. The number of nitrogens with zero attached hydrogens (tertiary/aromatic N) is 1. The first-order valence-electron chi connectivity index (χ1n) is 6.77. The Morgan fingerprint density at radius 2 is 1.63 bits per heavy atom. The number of benzene rings is 1. The van der Waals surface area contributed by atoms with E-state index in [0.717, 1.165) is 13.1 Å². The summed E-state index contributed by atoms with van der Waals surface area (Å²) in [6.45, 7) is 3.93. The predicted octanol–water partition coefficient (Wildman–Crippen LogP) is 1.82. The molecule has 1 saturated heterocycles. The first kappa shape index (κ1) is 14.3. The molecule has 3 unspecified atom stereocenters. The third-order valence-corrected chi connectivity index (χ3v) is 4.01. The molecule has 0 amide bonds. The minimum absolute atomic E-state index is 0.154. The number of ether oxygens (including phenoxy) is 2. The van der Waals surface area contributed by atoms with Crippen molar-refractivity contribution in [3.05, 3.63) is 29.8 Å². The lowest BCUT2D eigenvalue weighted by Gasteiger charge is -2.19. The quantitative estimate of drug-likeness (QED) is 0.879. The Morgan fingerprint density at radius 1 is 1.11 bits per heavy atom. The molecule has 0 aromatic heterocycles. The highest BCUT2D eigenvalue weighted by Crippen LogP contribution is 2.25. The maximum absolute atomic E-state index is 5.47. The summed E-state index contributed by atoms with van der Waals surface area (Å²) in [4.78, 5) is 2.32. The van der Waals surface area contributed by atoms with Gasteiger partial charge in [-0.05, 0) is 31.7 Å². The van der Waals surface area contributed by atoms with Crippen molar-refractivity contribution in [2.45, 2.75) is 25.2 Å². The van der Waals surface area contributed by atoms with Crippen LogP contribution in [-0.4, -0.2) is 46.6 Å². The van der Waals surface area contributed by atoms with E-state index in [1.807, 2.05) is 7.05 Å². The molecule has 1 aliphatic heterocycles. The van der Waals surface area contributed by atoms with Gasteiger partial charge >= 0.3 is 0 Å². The highest BCUT2D eigenvalue weighted by molar-refractivity contribution is 5.49. The van der Waals surface area contributed by atoms with Crippen molar-refractivity contribution in [3.8, 4) is 0 Å². The standard InChI is InChI=1S/C15H24N2O2/c1-11(16-2)12-5-7-13(8-6-12)17-9-14(18-3)15(10-17)19-4/h5-8,11,14-16H,9-10H2,1-4H3. The van der Waals surface area contributed by atoms with Crippen molar-refractivity contribution in [2.24, 2.45) is 0 Å². The smallest absolute Gasteiger partial charge is 0.102 e. The number of hydrogen-bond donors (Lipinski definition) is 1. The van der Waals surface area contributed by atoms with Gasteiger partial charge in [0.25, 0.3) is 0 Å². The number of methoxy groups -OCH3 is 2. The van der Waals surface area contributed by atoms with E-state index in [2.05, 4.69) is 41.4 Å². The summed E-state index contributed by atoms with van der Waals surface area (Å²) >= 11 is 0. The van der Waals surface area contributed by atoms with Gasteiger partial charge in [0.15, 0.2) is 0 Å². The fraction of sp³-hybridized carbons (Fsp3) is 0.600. The second kappa shape index (κ2) is 6.37. The average Bonchev–Trinajstić information content (AvgIpc) is 2.89. The van der Waals surface area contributed by atoms with Crippen molar-refractivity contribution < 1.29 is 9.47 Å². The van der Waals surface area contributed by atoms with Crippen molar-refractivity contribution in [2.75, 3.05) is 39.3 Å². The average molecular weight is 264 g/mol. The fourth-order valence-electron chi connectivity index (χ4n) is 2.55. The molecule has 0 aliphatic carbocycles. The Morgan fingerprint density at radius 3 is 2.05 bits per heavy atom. The Kier molecular flexibility index (Phi) is 4.80. The van der Waals surface area contributed by atoms with Gasteiger partial charge in [-0.15, -0.1) is 0 Å². The van der Waals surface area contributed by atoms with Crippen LogP contribution >= 0.6 is 0 Å². The summed E-state index contributed by atoms with van der Waals surface area (Å²) in [5, 5.41) is 3.25. The molecular formula is C15H24N2O2. The van der Waals surface area contributed by atoms with E-state index in [1.54, 1.807) is 14.2 Å². The van der Waals surface area contributed by atoms with E-state index in [-0.39, 0.29) is 12.2 Å². The second-order valence-electron chi connectivity index (χ2n) is 5.06. The zero-order valence-electron chi connectivity index (χ0n) is 12.2. The molecule has 4 nitrogen and oxygen atoms in total. The number of nitrogens with one attached hydrogen (secondary N) is 1. The number of hydrogen-bond acceptors (Lipinski definition) is 4. The van der Waals surface area contributed by atoms with Crippen molar-refractivity contribution in [1.82, 2.24) is 5.32 Å². The molecule has 2 rings (SSSR count). The predicted molar refractivity (Wildman–Crippen MR) is 77.7 cm³/mol. The van der Waals surface area contributed by atoms with Crippen LogP contribution in [0.4, 0.5) is 5.69 Å². The lowest BCUT2D eigenvalue weighted by atomic mass is 10.1. The minimum Gasteiger partial charge on any atom is -0.377 e. The Bertz CT molecular complexity index is 382. The normalized spacial score (nSPS) is 24.7. The summed E-state index contributed by atoms with van der Waals surface area (Å²) < 4.78 is 10.9. The van der Waals surface area contributed by atoms with E-state index in [9.17, 15) is 0 Å². The lowest BCUT2D eigenvalue weighted by Crippen LogP contribution is -2.27. The highest BCUT2D eigenvalue weighted by Gasteiger charge is 2.32. The van der Waals surface area contributed by atoms with E-state index in [0.29, 0.717) is 6.04 Å². The van der Waals surface area contributed by atoms with Crippen LogP contribution in [0.3, 0.4) is 0 Å². The molecule has 1 heterocycles. The molecule has 3 atom stereocenters. The molecule has 1 aromatic carbocycles. The maximum Gasteiger partial charge on any atom is 0.102 e. The zero-order chi connectivity index (χ0) is 13.8. The molecule has 106 valence electrons. The molecule has 0 saturated carbocycles. The van der Waals surface area contributed by atoms with Crippen LogP contribution in [0.5, 0.6) is 0 Å². The molecule has 1 N–H and O–H groups in total. The summed E-state index contributed by atoms with van der Waals surface area (Å²) in [6.07, 6.45) is 0.307. The Balaban J connectivity index is 2.07. The third kappa shape index (κ3) is 3.08. The number of anilines is 1. The Labute approximate surface area is 115 Å². The van der Waals surface area contributed by atoms with E-state index in [4.69, 9.17) is 9.47 Å². The fourth-order valence-corrected chi connectivity index (χ4v) is 2.55. The van der Waals surface area contributed by atoms with Gasteiger partial charge in [0.2, 0.25) is 0 Å². The second-order valence-corrected chi connectivity index (χ2v) is 5.06.